The normalized spacial score (nSPS) is 12.0. The smallest absolute Gasteiger partial charge is 0.102 e. The Morgan fingerprint density at radius 1 is 0.225 bits per heavy atom. The Morgan fingerprint density at radius 3 is 0.450 bits per heavy atom. The summed E-state index contributed by atoms with van der Waals surface area (Å²) in [5, 5.41) is 0. The molecule has 0 aromatic rings. The molecule has 0 aromatic carbocycles. The largest absolute Gasteiger partial charge is 0.822 e. The van der Waals surface area contributed by atoms with E-state index >= 15 is 0 Å². The van der Waals surface area contributed by atoms with E-state index in [0.717, 1.165) is 72.7 Å². The number of phosphoric acid groups is 1. The molecule has 10 nitrogen and oxygen atoms in total. The number of likely N-dealkylation sites (N-methyl/N-ethyl adjacent to an activating group) is 3. The number of hydrogen-bond donors (Lipinski definition) is 0. The zero-order valence-electron chi connectivity index (χ0n) is 57.0. The Kier molecular flexibility index (Phi) is 73.4. The molecule has 0 aromatic heterocycles. The molecule has 80 heavy (non-hydrogen) atoms. The highest BCUT2D eigenvalue weighted by molar-refractivity contribution is 7.40. The lowest BCUT2D eigenvalue weighted by Crippen LogP contribution is -2.37. The van der Waals surface area contributed by atoms with Crippen LogP contribution in [0.25, 0.3) is 0 Å². The molecule has 0 aliphatic carbocycles. The molecule has 0 amide bonds. The van der Waals surface area contributed by atoms with Crippen LogP contribution in [0.15, 0.2) is 0 Å². The van der Waals surface area contributed by atoms with Crippen LogP contribution in [0.3, 0.4) is 0 Å². The van der Waals surface area contributed by atoms with Gasteiger partial charge in [-0.05, 0) is 19.3 Å². The van der Waals surface area contributed by atoms with Crippen molar-refractivity contribution in [2.45, 2.75) is 329 Å². The Bertz CT molecular complexity index is 1020. The number of rotatable bonds is 60. The third-order valence-corrected chi connectivity index (χ3v) is 15.1. The monoisotopic (exact) mass is 1160 g/mol. The van der Waals surface area contributed by atoms with Gasteiger partial charge in [-0.15, -0.1) is 0 Å². The quantitative estimate of drug-likeness (QED) is 0.0338. The third kappa shape index (κ3) is 106. The molecule has 11 heteroatoms. The molecule has 0 saturated heterocycles. The summed E-state index contributed by atoms with van der Waals surface area (Å²) in [5.74, 6) is 0. The first-order valence-corrected chi connectivity index (χ1v) is 36.5. The van der Waals surface area contributed by atoms with Crippen LogP contribution in [0.1, 0.15) is 329 Å². The van der Waals surface area contributed by atoms with E-state index in [1.807, 2.05) is 0 Å². The van der Waals surface area contributed by atoms with Crippen LogP contribution in [-0.2, 0) is 18.8 Å². The van der Waals surface area contributed by atoms with Crippen LogP contribution in [0.4, 0.5) is 0 Å². The van der Waals surface area contributed by atoms with Crippen molar-refractivity contribution in [3.05, 3.63) is 0 Å². The van der Waals surface area contributed by atoms with Crippen molar-refractivity contribution < 1.29 is 46.9 Å². The van der Waals surface area contributed by atoms with Gasteiger partial charge in [-0.2, -0.15) is 7.82 Å². The zero-order valence-corrected chi connectivity index (χ0v) is 57.8. The number of quaternary nitrogens is 3. The van der Waals surface area contributed by atoms with E-state index in [1.165, 1.54) is 308 Å². The van der Waals surface area contributed by atoms with E-state index in [-0.39, 0.29) is 0 Å². The van der Waals surface area contributed by atoms with Crippen LogP contribution in [0.5, 0.6) is 0 Å². The van der Waals surface area contributed by atoms with Gasteiger partial charge in [0.1, 0.15) is 19.6 Å². The van der Waals surface area contributed by atoms with Crippen molar-refractivity contribution in [3.8, 4) is 0 Å². The lowest BCUT2D eigenvalue weighted by molar-refractivity contribution is -0.870. The summed E-state index contributed by atoms with van der Waals surface area (Å²) in [6.07, 6.45) is 68.6. The van der Waals surface area contributed by atoms with Crippen molar-refractivity contribution >= 4 is 7.82 Å². The SMILES string of the molecule is CCCCCCCCCCCCCCCCCCOCC[N+](C)(C)C.CCCCCCCCCCCCCCCCCCOCC[N+](C)(C)C.CCCCCCCCCCCCCCCCCCOCC[N+](C)(C)C.O=P([O-])([O-])[O-]. The summed E-state index contributed by atoms with van der Waals surface area (Å²) < 4.78 is 28.7. The van der Waals surface area contributed by atoms with E-state index in [9.17, 15) is 0 Å². The van der Waals surface area contributed by atoms with Gasteiger partial charge in [0.15, 0.2) is 0 Å². The van der Waals surface area contributed by atoms with Gasteiger partial charge in [0.25, 0.3) is 0 Å². The summed E-state index contributed by atoms with van der Waals surface area (Å²) in [7, 11) is 14.6. The minimum absolute atomic E-state index is 0.905. The first kappa shape index (κ1) is 86.3. The van der Waals surface area contributed by atoms with Gasteiger partial charge in [-0.3, -0.25) is 0 Å². The highest BCUT2D eigenvalue weighted by Gasteiger charge is 2.08. The minimum Gasteiger partial charge on any atom is -0.822 e. The molecular weight excluding hydrogens is 1010 g/mol. The van der Waals surface area contributed by atoms with Crippen molar-refractivity contribution in [2.75, 3.05) is 123 Å². The predicted octanol–water partition coefficient (Wildman–Crippen LogP) is 18.1. The number of ether oxygens (including phenoxy) is 3. The molecule has 0 rings (SSSR count). The van der Waals surface area contributed by atoms with E-state index in [0.29, 0.717) is 0 Å². The zero-order chi connectivity index (χ0) is 60.4. The molecule has 0 fully saturated rings. The molecule has 488 valence electrons. The second-order valence-electron chi connectivity index (χ2n) is 27.2. The lowest BCUT2D eigenvalue weighted by atomic mass is 10.0. The molecular formula is C69H150N3O7P. The first-order chi connectivity index (χ1) is 38.2. The minimum atomic E-state index is -5.39. The van der Waals surface area contributed by atoms with Crippen LogP contribution in [-0.4, -0.2) is 136 Å². The van der Waals surface area contributed by atoms with Gasteiger partial charge in [-0.1, -0.05) is 310 Å². The fourth-order valence-electron chi connectivity index (χ4n) is 9.58. The topological polar surface area (TPSA) is 114 Å². The molecule has 0 aliphatic rings. The van der Waals surface area contributed by atoms with E-state index in [4.69, 9.17) is 33.5 Å². The Morgan fingerprint density at radius 2 is 0.338 bits per heavy atom. The standard InChI is InChI=1S/3C23H50NO.H3O4P/c3*1-5-6-7-8-9-10-11-12-13-14-15-16-17-18-19-20-22-25-23-21-24(2,3)4;1-5(2,3)4/h3*5-23H2,1-4H3;(H3,1,2,3,4)/q3*+1;/p-3. The summed E-state index contributed by atoms with van der Waals surface area (Å²) in [6, 6.07) is 0. The van der Waals surface area contributed by atoms with Crippen LogP contribution in [0, 0.1) is 0 Å². The molecule has 0 N–H and O–H groups in total. The Balaban J connectivity index is -0.000000518. The van der Waals surface area contributed by atoms with Gasteiger partial charge >= 0.3 is 0 Å². The summed E-state index contributed by atoms with van der Waals surface area (Å²) in [6.45, 7) is 15.8. The van der Waals surface area contributed by atoms with E-state index < -0.39 is 7.82 Å². The van der Waals surface area contributed by atoms with E-state index in [1.54, 1.807) is 0 Å². The highest BCUT2D eigenvalue weighted by Crippen LogP contribution is 2.17. The van der Waals surface area contributed by atoms with Crippen LogP contribution in [0.2, 0.25) is 0 Å². The molecule has 0 heterocycles. The lowest BCUT2D eigenvalue weighted by Gasteiger charge is -2.36. The Hall–Kier alpha value is -0.130. The number of hydrogen-bond acceptors (Lipinski definition) is 7. The molecule has 0 bridgehead atoms. The molecule has 0 spiro atoms. The first-order valence-electron chi connectivity index (χ1n) is 35.1. The second-order valence-corrected chi connectivity index (χ2v) is 28.1. The van der Waals surface area contributed by atoms with E-state index in [2.05, 4.69) is 84.2 Å². The molecule has 0 atom stereocenters. The average Bonchev–Trinajstić information content (AvgIpc) is 3.37. The van der Waals surface area contributed by atoms with Crippen molar-refractivity contribution in [1.82, 2.24) is 0 Å². The molecule has 0 radical (unpaired) electrons. The van der Waals surface area contributed by atoms with Gasteiger partial charge < -0.3 is 46.9 Å². The van der Waals surface area contributed by atoms with Gasteiger partial charge in [0, 0.05) is 19.8 Å². The van der Waals surface area contributed by atoms with Crippen LogP contribution >= 0.6 is 7.82 Å². The van der Waals surface area contributed by atoms with Crippen molar-refractivity contribution in [2.24, 2.45) is 0 Å². The summed E-state index contributed by atoms with van der Waals surface area (Å²) >= 11 is 0. The van der Waals surface area contributed by atoms with Crippen LogP contribution < -0.4 is 14.7 Å². The fourth-order valence-corrected chi connectivity index (χ4v) is 9.58. The summed E-state index contributed by atoms with van der Waals surface area (Å²) in [5.41, 5.74) is 0. The number of nitrogens with zero attached hydrogens (tertiary/aromatic N) is 3. The maximum atomic E-state index is 8.55. The van der Waals surface area contributed by atoms with Crippen molar-refractivity contribution in [3.63, 3.8) is 0 Å². The molecule has 0 aliphatic heterocycles. The van der Waals surface area contributed by atoms with Crippen molar-refractivity contribution in [1.29, 1.82) is 0 Å². The van der Waals surface area contributed by atoms with Gasteiger partial charge in [0.2, 0.25) is 0 Å². The maximum Gasteiger partial charge on any atom is 0.102 e. The Labute approximate surface area is 504 Å². The third-order valence-electron chi connectivity index (χ3n) is 15.1. The average molecular weight is 1160 g/mol. The fraction of sp³-hybridized carbons (Fsp3) is 1.00. The molecule has 0 saturated carbocycles. The second kappa shape index (κ2) is 68.0. The molecule has 0 unspecified atom stereocenters. The highest BCUT2D eigenvalue weighted by atomic mass is 31.2. The summed E-state index contributed by atoms with van der Waals surface area (Å²) in [4.78, 5) is 25.6. The van der Waals surface area contributed by atoms with Gasteiger partial charge in [0.05, 0.1) is 83.2 Å². The predicted molar refractivity (Wildman–Crippen MR) is 347 cm³/mol. The maximum absolute atomic E-state index is 8.55. The van der Waals surface area contributed by atoms with Gasteiger partial charge in [-0.25, -0.2) is 0 Å². The number of unbranched alkanes of at least 4 members (excludes halogenated alkanes) is 45.